The van der Waals surface area contributed by atoms with Crippen LogP contribution in [0, 0.1) is 10.1 Å². The number of anilines is 1. The smallest absolute Gasteiger partial charge is 0.282 e. The quantitative estimate of drug-likeness (QED) is 0.373. The van der Waals surface area contributed by atoms with Crippen molar-refractivity contribution >= 4 is 40.8 Å². The fourth-order valence-electron chi connectivity index (χ4n) is 3.04. The maximum absolute atomic E-state index is 13.2. The lowest BCUT2D eigenvalue weighted by molar-refractivity contribution is -0.384. The van der Waals surface area contributed by atoms with E-state index in [0.717, 1.165) is 0 Å². The van der Waals surface area contributed by atoms with Crippen LogP contribution in [0.15, 0.2) is 83.5 Å². The highest BCUT2D eigenvalue weighted by Gasteiger charge is 2.32. The molecule has 1 N–H and O–H groups in total. The van der Waals surface area contributed by atoms with Crippen molar-refractivity contribution in [2.75, 3.05) is 4.90 Å². The second-order valence-electron chi connectivity index (χ2n) is 6.48. The molecule has 30 heavy (non-hydrogen) atoms. The Hall–Kier alpha value is -3.97. The number of rotatable bonds is 4. The summed E-state index contributed by atoms with van der Waals surface area (Å²) in [6, 6.07) is 19.0. The molecule has 0 saturated heterocycles. The number of benzene rings is 3. The summed E-state index contributed by atoms with van der Waals surface area (Å²) in [6.07, 6.45) is 1.51. The summed E-state index contributed by atoms with van der Waals surface area (Å²) in [5.41, 5.74) is 1.73. The lowest BCUT2D eigenvalue weighted by Gasteiger charge is -2.18. The highest BCUT2D eigenvalue weighted by Crippen LogP contribution is 2.29. The Morgan fingerprint density at radius 1 is 1.03 bits per heavy atom. The molecule has 7 nitrogen and oxygen atoms in total. The zero-order valence-corrected chi connectivity index (χ0v) is 16.2. The summed E-state index contributed by atoms with van der Waals surface area (Å²) in [5.74, 6) is 0.0684. The summed E-state index contributed by atoms with van der Waals surface area (Å²) < 4.78 is 0. The molecule has 4 rings (SSSR count). The monoisotopic (exact) mass is 419 g/mol. The van der Waals surface area contributed by atoms with Crippen LogP contribution < -0.4 is 4.90 Å². The maximum Gasteiger partial charge on any atom is 0.282 e. The number of carbonyl (C=O) groups excluding carboxylic acids is 1. The Balaban J connectivity index is 1.81. The molecule has 1 amide bonds. The number of aromatic hydroxyl groups is 1. The Morgan fingerprint density at radius 3 is 2.40 bits per heavy atom. The topological polar surface area (TPSA) is 96.0 Å². The predicted molar refractivity (Wildman–Crippen MR) is 115 cm³/mol. The number of amides is 1. The highest BCUT2D eigenvalue weighted by molar-refractivity contribution is 6.34. The van der Waals surface area contributed by atoms with E-state index in [1.54, 1.807) is 48.5 Å². The minimum absolute atomic E-state index is 0.0720. The van der Waals surface area contributed by atoms with E-state index in [9.17, 15) is 20.0 Å². The first-order valence-electron chi connectivity index (χ1n) is 8.86. The van der Waals surface area contributed by atoms with Gasteiger partial charge >= 0.3 is 0 Å². The molecule has 0 unspecified atom stereocenters. The molecule has 1 aliphatic heterocycles. The third-order valence-corrected chi connectivity index (χ3v) is 4.71. The van der Waals surface area contributed by atoms with Gasteiger partial charge in [0.05, 0.1) is 10.6 Å². The van der Waals surface area contributed by atoms with E-state index in [-0.39, 0.29) is 17.1 Å². The van der Waals surface area contributed by atoms with Crippen LogP contribution in [0.3, 0.4) is 0 Å². The van der Waals surface area contributed by atoms with Gasteiger partial charge in [0.15, 0.2) is 0 Å². The lowest BCUT2D eigenvalue weighted by atomic mass is 10.1. The summed E-state index contributed by atoms with van der Waals surface area (Å²) in [4.78, 5) is 29.6. The summed E-state index contributed by atoms with van der Waals surface area (Å²) in [5, 5.41) is 21.2. The molecule has 0 saturated carbocycles. The van der Waals surface area contributed by atoms with Gasteiger partial charge in [0, 0.05) is 22.7 Å². The number of halogens is 1. The molecule has 3 aromatic carbocycles. The number of phenols is 1. The summed E-state index contributed by atoms with van der Waals surface area (Å²) in [6.45, 7) is 0. The molecule has 1 heterocycles. The van der Waals surface area contributed by atoms with Gasteiger partial charge in [0.2, 0.25) is 0 Å². The molecule has 0 bridgehead atoms. The fraction of sp³-hybridized carbons (Fsp3) is 0. The minimum Gasteiger partial charge on any atom is -0.508 e. The molecule has 1 aliphatic rings. The van der Waals surface area contributed by atoms with Crippen molar-refractivity contribution in [1.82, 2.24) is 0 Å². The first-order chi connectivity index (χ1) is 14.4. The fourth-order valence-corrected chi connectivity index (χ4v) is 3.16. The molecule has 148 valence electrons. The third kappa shape index (κ3) is 3.78. The van der Waals surface area contributed by atoms with Gasteiger partial charge in [0.1, 0.15) is 17.3 Å². The zero-order valence-electron chi connectivity index (χ0n) is 15.4. The van der Waals surface area contributed by atoms with Gasteiger partial charge in [-0.3, -0.25) is 19.8 Å². The second kappa shape index (κ2) is 7.81. The molecule has 0 radical (unpaired) electrons. The van der Waals surface area contributed by atoms with Gasteiger partial charge in [-0.2, -0.15) is 0 Å². The number of hydrogen-bond donors (Lipinski definition) is 1. The Labute approximate surface area is 176 Å². The van der Waals surface area contributed by atoms with Crippen LogP contribution in [-0.4, -0.2) is 21.8 Å². The number of aliphatic imine (C=N–C) groups is 1. The van der Waals surface area contributed by atoms with Crippen molar-refractivity contribution in [3.8, 4) is 5.75 Å². The predicted octanol–water partition coefficient (Wildman–Crippen LogP) is 4.79. The molecule has 8 heteroatoms. The summed E-state index contributed by atoms with van der Waals surface area (Å²) in [7, 11) is 0. The first-order valence-corrected chi connectivity index (χ1v) is 9.24. The van der Waals surface area contributed by atoms with Crippen LogP contribution in [0.5, 0.6) is 5.75 Å². The van der Waals surface area contributed by atoms with Gasteiger partial charge in [-0.15, -0.1) is 0 Å². The van der Waals surface area contributed by atoms with E-state index in [4.69, 9.17) is 11.6 Å². The van der Waals surface area contributed by atoms with Crippen molar-refractivity contribution < 1.29 is 14.8 Å². The van der Waals surface area contributed by atoms with Gasteiger partial charge < -0.3 is 5.11 Å². The van der Waals surface area contributed by atoms with E-state index in [0.29, 0.717) is 27.7 Å². The Morgan fingerprint density at radius 2 is 1.73 bits per heavy atom. The number of nitro groups is 1. The lowest BCUT2D eigenvalue weighted by Crippen LogP contribution is -2.32. The summed E-state index contributed by atoms with van der Waals surface area (Å²) >= 11 is 5.98. The van der Waals surface area contributed by atoms with Crippen LogP contribution in [0.1, 0.15) is 11.1 Å². The standard InChI is InChI=1S/C22H14ClN3O4/c23-16-6-4-15(5-7-16)21-24-20(13-14-2-1-3-18(12-14)26(29)30)22(28)25(21)17-8-10-19(27)11-9-17/h1-13,27H/b20-13+. The van der Waals surface area contributed by atoms with Gasteiger partial charge in [-0.25, -0.2) is 4.99 Å². The number of amidine groups is 1. The van der Waals surface area contributed by atoms with Crippen LogP contribution in [0.25, 0.3) is 6.08 Å². The van der Waals surface area contributed by atoms with E-state index in [1.165, 1.54) is 35.2 Å². The molecule has 0 atom stereocenters. The van der Waals surface area contributed by atoms with Crippen molar-refractivity contribution in [3.63, 3.8) is 0 Å². The molecule has 0 aliphatic carbocycles. The Kier molecular flexibility index (Phi) is 5.04. The average molecular weight is 420 g/mol. The highest BCUT2D eigenvalue weighted by atomic mass is 35.5. The van der Waals surface area contributed by atoms with Gasteiger partial charge in [-0.05, 0) is 60.2 Å². The molecule has 0 spiro atoms. The van der Waals surface area contributed by atoms with E-state index < -0.39 is 10.8 Å². The van der Waals surface area contributed by atoms with Crippen LogP contribution in [0.4, 0.5) is 11.4 Å². The molecule has 0 fully saturated rings. The van der Waals surface area contributed by atoms with E-state index in [2.05, 4.69) is 4.99 Å². The van der Waals surface area contributed by atoms with Crippen LogP contribution in [-0.2, 0) is 4.79 Å². The number of hydrogen-bond acceptors (Lipinski definition) is 5. The number of carbonyl (C=O) groups is 1. The van der Waals surface area contributed by atoms with Crippen molar-refractivity contribution in [2.45, 2.75) is 0 Å². The van der Waals surface area contributed by atoms with Gasteiger partial charge in [0.25, 0.3) is 11.6 Å². The number of non-ortho nitro benzene ring substituents is 1. The van der Waals surface area contributed by atoms with Crippen LogP contribution >= 0.6 is 11.6 Å². The SMILES string of the molecule is O=C1/C(=C\c2cccc([N+](=O)[O-])c2)N=C(c2ccc(Cl)cc2)N1c1ccc(O)cc1. The van der Waals surface area contributed by atoms with Crippen molar-refractivity contribution in [3.05, 3.63) is 105 Å². The van der Waals surface area contributed by atoms with Crippen molar-refractivity contribution in [2.24, 2.45) is 4.99 Å². The average Bonchev–Trinajstić information content (AvgIpc) is 3.05. The normalized spacial score (nSPS) is 14.8. The third-order valence-electron chi connectivity index (χ3n) is 4.46. The largest absolute Gasteiger partial charge is 0.508 e. The number of phenolic OH excluding ortho intramolecular Hbond substituents is 1. The zero-order chi connectivity index (χ0) is 21.3. The second-order valence-corrected chi connectivity index (χ2v) is 6.92. The minimum atomic E-state index is -0.496. The first kappa shape index (κ1) is 19.4. The molecular weight excluding hydrogens is 406 g/mol. The van der Waals surface area contributed by atoms with Crippen LogP contribution in [0.2, 0.25) is 5.02 Å². The van der Waals surface area contributed by atoms with E-state index in [1.807, 2.05) is 0 Å². The molecular formula is C22H14ClN3O4. The maximum atomic E-state index is 13.2. The van der Waals surface area contributed by atoms with Crippen molar-refractivity contribution in [1.29, 1.82) is 0 Å². The Bertz CT molecular complexity index is 1200. The number of nitro benzene ring substituents is 1. The number of nitrogens with zero attached hydrogens (tertiary/aromatic N) is 3. The molecule has 3 aromatic rings. The van der Waals surface area contributed by atoms with Gasteiger partial charge in [-0.1, -0.05) is 23.7 Å². The molecule has 0 aromatic heterocycles. The van der Waals surface area contributed by atoms with E-state index >= 15 is 0 Å².